The molecule has 0 saturated carbocycles. The predicted molar refractivity (Wildman–Crippen MR) is 49.3 cm³/mol. The van der Waals surface area contributed by atoms with Gasteiger partial charge in [0.2, 0.25) is 6.41 Å². The third-order valence-electron chi connectivity index (χ3n) is 2.15. The van der Waals surface area contributed by atoms with Gasteiger partial charge in [-0.05, 0) is 13.3 Å². The van der Waals surface area contributed by atoms with Crippen molar-refractivity contribution in [3.05, 3.63) is 11.6 Å². The molecule has 0 spiro atoms. The Kier molecular flexibility index (Phi) is 3.02. The van der Waals surface area contributed by atoms with Crippen molar-refractivity contribution in [2.24, 2.45) is 4.99 Å². The predicted octanol–water partition coefficient (Wildman–Crippen LogP) is 0.864. The molecular weight excluding hydrogens is 152 g/mol. The summed E-state index contributed by atoms with van der Waals surface area (Å²) in [5.41, 5.74) is 1.31. The van der Waals surface area contributed by atoms with Gasteiger partial charge in [0, 0.05) is 19.8 Å². The summed E-state index contributed by atoms with van der Waals surface area (Å²) in [6, 6.07) is 0.179. The molecule has 1 aliphatic rings. The fourth-order valence-electron chi connectivity index (χ4n) is 1.44. The van der Waals surface area contributed by atoms with E-state index in [1.807, 2.05) is 13.1 Å². The van der Waals surface area contributed by atoms with Crippen LogP contribution in [0.15, 0.2) is 16.6 Å². The van der Waals surface area contributed by atoms with Crippen molar-refractivity contribution in [1.29, 1.82) is 0 Å². The second kappa shape index (κ2) is 4.04. The van der Waals surface area contributed by atoms with Gasteiger partial charge in [0.05, 0.1) is 6.04 Å². The second-order valence-electron chi connectivity index (χ2n) is 2.90. The number of aliphatic imine (C=N–C) groups is 1. The van der Waals surface area contributed by atoms with E-state index in [4.69, 9.17) is 0 Å². The van der Waals surface area contributed by atoms with E-state index < -0.39 is 0 Å². The summed E-state index contributed by atoms with van der Waals surface area (Å²) in [7, 11) is 1.73. The molecule has 1 aliphatic heterocycles. The van der Waals surface area contributed by atoms with Crippen LogP contribution < -0.4 is 0 Å². The highest BCUT2D eigenvalue weighted by molar-refractivity contribution is 5.70. The molecule has 3 heteroatoms. The summed E-state index contributed by atoms with van der Waals surface area (Å²) in [5.74, 6) is 0. The number of carbonyl (C=O) groups is 1. The first-order chi connectivity index (χ1) is 5.81. The molecule has 3 nitrogen and oxygen atoms in total. The number of nitrogens with zero attached hydrogens (tertiary/aromatic N) is 2. The van der Waals surface area contributed by atoms with Crippen LogP contribution in [0.5, 0.6) is 0 Å². The second-order valence-corrected chi connectivity index (χ2v) is 2.90. The number of likely N-dealkylation sites (tertiary alicyclic amines) is 1. The Morgan fingerprint density at radius 2 is 2.42 bits per heavy atom. The molecule has 0 aromatic rings. The average molecular weight is 166 g/mol. The van der Waals surface area contributed by atoms with Gasteiger partial charge >= 0.3 is 0 Å². The lowest BCUT2D eigenvalue weighted by molar-refractivity contribution is -0.117. The maximum absolute atomic E-state index is 10.6. The van der Waals surface area contributed by atoms with Crippen LogP contribution in [0.2, 0.25) is 0 Å². The van der Waals surface area contributed by atoms with Gasteiger partial charge in [-0.15, -0.1) is 0 Å². The molecule has 1 amide bonds. The van der Waals surface area contributed by atoms with E-state index >= 15 is 0 Å². The van der Waals surface area contributed by atoms with Crippen molar-refractivity contribution in [2.45, 2.75) is 19.4 Å². The van der Waals surface area contributed by atoms with E-state index in [2.05, 4.69) is 11.1 Å². The van der Waals surface area contributed by atoms with Crippen molar-refractivity contribution >= 4 is 12.6 Å². The van der Waals surface area contributed by atoms with Crippen LogP contribution in [-0.4, -0.2) is 37.2 Å². The van der Waals surface area contributed by atoms with Gasteiger partial charge in [-0.1, -0.05) is 11.6 Å². The summed E-state index contributed by atoms with van der Waals surface area (Å²) in [5, 5.41) is 0. The van der Waals surface area contributed by atoms with Crippen LogP contribution in [0, 0.1) is 0 Å². The van der Waals surface area contributed by atoms with Gasteiger partial charge in [0.1, 0.15) is 0 Å². The van der Waals surface area contributed by atoms with Gasteiger partial charge in [0.25, 0.3) is 0 Å². The fraction of sp³-hybridized carbons (Fsp3) is 0.556. The Hall–Kier alpha value is -1.12. The van der Waals surface area contributed by atoms with Crippen LogP contribution in [0.3, 0.4) is 0 Å². The lowest BCUT2D eigenvalue weighted by atomic mass is 10.1. The fourth-order valence-corrected chi connectivity index (χ4v) is 1.44. The standard InChI is InChI=1S/C9H14N2O/c1-3-8-4-9(5-10-2)11(6-8)7-12/h3,5,7,9H,4,6H2,1-2H3/b8-3+,10-5?. The highest BCUT2D eigenvalue weighted by atomic mass is 16.1. The molecule has 66 valence electrons. The molecule has 1 unspecified atom stereocenters. The summed E-state index contributed by atoms with van der Waals surface area (Å²) in [4.78, 5) is 16.3. The maximum Gasteiger partial charge on any atom is 0.210 e. The van der Waals surface area contributed by atoms with E-state index in [1.165, 1.54) is 5.57 Å². The van der Waals surface area contributed by atoms with Crippen molar-refractivity contribution in [3.63, 3.8) is 0 Å². The molecule has 1 heterocycles. The zero-order chi connectivity index (χ0) is 8.97. The summed E-state index contributed by atoms with van der Waals surface area (Å²) in [6.45, 7) is 2.76. The summed E-state index contributed by atoms with van der Waals surface area (Å²) >= 11 is 0. The third-order valence-corrected chi connectivity index (χ3v) is 2.15. The highest BCUT2D eigenvalue weighted by Crippen LogP contribution is 2.19. The smallest absolute Gasteiger partial charge is 0.210 e. The van der Waals surface area contributed by atoms with E-state index in [9.17, 15) is 4.79 Å². The Morgan fingerprint density at radius 1 is 1.67 bits per heavy atom. The molecule has 1 atom stereocenters. The Labute approximate surface area is 72.8 Å². The first kappa shape index (κ1) is 8.97. The summed E-state index contributed by atoms with van der Waals surface area (Å²) < 4.78 is 0. The minimum absolute atomic E-state index is 0.179. The Balaban J connectivity index is 2.68. The Morgan fingerprint density at radius 3 is 2.92 bits per heavy atom. The van der Waals surface area contributed by atoms with E-state index in [1.54, 1.807) is 11.9 Å². The monoisotopic (exact) mass is 166 g/mol. The van der Waals surface area contributed by atoms with E-state index in [0.29, 0.717) is 0 Å². The Bertz CT molecular complexity index is 221. The van der Waals surface area contributed by atoms with Gasteiger partial charge < -0.3 is 4.90 Å². The average Bonchev–Trinajstić information content (AvgIpc) is 2.48. The molecule has 0 radical (unpaired) electrons. The molecule has 0 aromatic carbocycles. The number of allylic oxidation sites excluding steroid dienone is 1. The minimum atomic E-state index is 0.179. The SMILES string of the molecule is C/C=C1\CC(C=NC)N(C=O)C1. The van der Waals surface area contributed by atoms with Crippen molar-refractivity contribution in [3.8, 4) is 0 Å². The number of hydrogen-bond donors (Lipinski definition) is 0. The van der Waals surface area contributed by atoms with Gasteiger partial charge in [-0.3, -0.25) is 9.79 Å². The molecule has 0 N–H and O–H groups in total. The van der Waals surface area contributed by atoms with Gasteiger partial charge in [0.15, 0.2) is 0 Å². The first-order valence-corrected chi connectivity index (χ1v) is 4.09. The number of hydrogen-bond acceptors (Lipinski definition) is 2. The highest BCUT2D eigenvalue weighted by Gasteiger charge is 2.24. The first-order valence-electron chi connectivity index (χ1n) is 4.09. The molecular formula is C9H14N2O. The lowest BCUT2D eigenvalue weighted by Gasteiger charge is -2.13. The van der Waals surface area contributed by atoms with Crippen LogP contribution >= 0.6 is 0 Å². The van der Waals surface area contributed by atoms with Gasteiger partial charge in [-0.25, -0.2) is 0 Å². The van der Waals surface area contributed by atoms with E-state index in [0.717, 1.165) is 19.4 Å². The number of carbonyl (C=O) groups excluding carboxylic acids is 1. The zero-order valence-electron chi connectivity index (χ0n) is 7.53. The van der Waals surface area contributed by atoms with Crippen LogP contribution in [0.1, 0.15) is 13.3 Å². The normalized spacial score (nSPS) is 27.3. The largest absolute Gasteiger partial charge is 0.333 e. The van der Waals surface area contributed by atoms with Crippen LogP contribution in [0.4, 0.5) is 0 Å². The molecule has 0 aromatic heterocycles. The van der Waals surface area contributed by atoms with Crippen molar-refractivity contribution in [1.82, 2.24) is 4.90 Å². The van der Waals surface area contributed by atoms with Gasteiger partial charge in [-0.2, -0.15) is 0 Å². The molecule has 0 aliphatic carbocycles. The van der Waals surface area contributed by atoms with E-state index in [-0.39, 0.29) is 6.04 Å². The molecule has 1 saturated heterocycles. The number of amides is 1. The minimum Gasteiger partial charge on any atom is -0.333 e. The van der Waals surface area contributed by atoms with Crippen molar-refractivity contribution < 1.29 is 4.79 Å². The molecule has 12 heavy (non-hydrogen) atoms. The zero-order valence-corrected chi connectivity index (χ0v) is 7.53. The topological polar surface area (TPSA) is 32.7 Å². The molecule has 1 rings (SSSR count). The molecule has 1 fully saturated rings. The quantitative estimate of drug-likeness (QED) is 0.340. The summed E-state index contributed by atoms with van der Waals surface area (Å²) in [6.07, 6.45) is 5.72. The van der Waals surface area contributed by atoms with Crippen LogP contribution in [0.25, 0.3) is 0 Å². The number of rotatable bonds is 2. The molecule has 0 bridgehead atoms. The van der Waals surface area contributed by atoms with Crippen LogP contribution in [-0.2, 0) is 4.79 Å². The van der Waals surface area contributed by atoms with Crippen molar-refractivity contribution in [2.75, 3.05) is 13.6 Å². The lowest BCUT2D eigenvalue weighted by Crippen LogP contribution is -2.28. The third kappa shape index (κ3) is 1.72. The maximum atomic E-state index is 10.6.